The average Bonchev–Trinajstić information content (AvgIpc) is 2.91. The van der Waals surface area contributed by atoms with Crippen LogP contribution >= 0.6 is 0 Å². The third-order valence-electron chi connectivity index (χ3n) is 6.64. The van der Waals surface area contributed by atoms with E-state index in [2.05, 4.69) is 67.6 Å². The highest BCUT2D eigenvalue weighted by atomic mass is 16.5. The van der Waals surface area contributed by atoms with E-state index in [0.717, 1.165) is 56.8 Å². The van der Waals surface area contributed by atoms with Crippen molar-refractivity contribution < 1.29 is 9.53 Å². The lowest BCUT2D eigenvalue weighted by Gasteiger charge is -2.18. The van der Waals surface area contributed by atoms with Crippen molar-refractivity contribution in [1.29, 1.82) is 0 Å². The predicted octanol–water partition coefficient (Wildman–Crippen LogP) is 7.18. The number of fused-ring (bicyclic) bond motifs is 1. The van der Waals surface area contributed by atoms with Crippen molar-refractivity contribution in [3.8, 4) is 17.0 Å². The number of nitrogens with one attached hydrogen (secondary N) is 2. The van der Waals surface area contributed by atoms with Crippen molar-refractivity contribution in [3.05, 3.63) is 89.1 Å². The van der Waals surface area contributed by atoms with E-state index in [1.165, 1.54) is 0 Å². The van der Waals surface area contributed by atoms with Gasteiger partial charge in [-0.1, -0.05) is 45.0 Å². The van der Waals surface area contributed by atoms with Gasteiger partial charge in [0.25, 0.3) is 0 Å². The molecule has 39 heavy (non-hydrogen) atoms. The molecule has 0 saturated heterocycles. The van der Waals surface area contributed by atoms with E-state index in [1.807, 2.05) is 55.6 Å². The fourth-order valence-corrected chi connectivity index (χ4v) is 4.30. The number of hydrogen-bond donors (Lipinski definition) is 2. The van der Waals surface area contributed by atoms with Crippen molar-refractivity contribution in [2.75, 3.05) is 19.0 Å². The van der Waals surface area contributed by atoms with Gasteiger partial charge in [-0.15, -0.1) is 0 Å². The van der Waals surface area contributed by atoms with E-state index in [1.54, 1.807) is 7.11 Å². The molecular formula is C33H38N4O2. The third kappa shape index (κ3) is 7.44. The van der Waals surface area contributed by atoms with Crippen LogP contribution in [0.25, 0.3) is 28.2 Å². The SMILES string of the molecule is COc1ccc(CNc2nc3ccc(-c4ncccc4C)cc3cc2C=C(C)C(=O)NCCC(C)(C)C)cc1. The van der Waals surface area contributed by atoms with Crippen molar-refractivity contribution in [2.45, 2.75) is 47.6 Å². The molecule has 2 N–H and O–H groups in total. The number of benzene rings is 2. The number of ether oxygens (including phenoxy) is 1. The summed E-state index contributed by atoms with van der Waals surface area (Å²) in [4.78, 5) is 22.4. The van der Waals surface area contributed by atoms with Crippen molar-refractivity contribution in [3.63, 3.8) is 0 Å². The quantitative estimate of drug-likeness (QED) is 0.228. The number of aromatic nitrogens is 2. The summed E-state index contributed by atoms with van der Waals surface area (Å²) < 4.78 is 5.28. The van der Waals surface area contributed by atoms with Crippen LogP contribution in [-0.4, -0.2) is 29.5 Å². The molecule has 0 aliphatic rings. The van der Waals surface area contributed by atoms with Crippen molar-refractivity contribution in [2.24, 2.45) is 5.41 Å². The average molecular weight is 523 g/mol. The topological polar surface area (TPSA) is 76.1 Å². The zero-order chi connectivity index (χ0) is 28.0. The zero-order valence-corrected chi connectivity index (χ0v) is 23.8. The van der Waals surface area contributed by atoms with E-state index in [0.29, 0.717) is 18.7 Å². The van der Waals surface area contributed by atoms with Crippen LogP contribution in [0.2, 0.25) is 0 Å². The maximum absolute atomic E-state index is 12.9. The van der Waals surface area contributed by atoms with Crippen LogP contribution in [0.15, 0.2) is 72.4 Å². The summed E-state index contributed by atoms with van der Waals surface area (Å²) in [5, 5.41) is 7.52. The number of amides is 1. The van der Waals surface area contributed by atoms with E-state index in [-0.39, 0.29) is 11.3 Å². The molecule has 0 aliphatic carbocycles. The monoisotopic (exact) mass is 522 g/mol. The molecule has 2 aromatic carbocycles. The van der Waals surface area contributed by atoms with Crippen LogP contribution < -0.4 is 15.4 Å². The molecule has 0 radical (unpaired) electrons. The molecule has 4 aromatic rings. The third-order valence-corrected chi connectivity index (χ3v) is 6.64. The first kappa shape index (κ1) is 27.8. The van der Waals surface area contributed by atoms with E-state index < -0.39 is 0 Å². The second-order valence-corrected chi connectivity index (χ2v) is 11.1. The summed E-state index contributed by atoms with van der Waals surface area (Å²) in [6.07, 6.45) is 4.63. The van der Waals surface area contributed by atoms with Gasteiger partial charge in [-0.05, 0) is 79.3 Å². The Morgan fingerprint density at radius 3 is 2.51 bits per heavy atom. The smallest absolute Gasteiger partial charge is 0.246 e. The largest absolute Gasteiger partial charge is 0.497 e. The molecule has 0 unspecified atom stereocenters. The first-order valence-corrected chi connectivity index (χ1v) is 13.3. The van der Waals surface area contributed by atoms with Crippen LogP contribution in [0.1, 0.15) is 50.8 Å². The molecule has 0 saturated carbocycles. The number of pyridine rings is 2. The molecule has 0 atom stereocenters. The van der Waals surface area contributed by atoms with Gasteiger partial charge in [0.15, 0.2) is 0 Å². The maximum atomic E-state index is 12.9. The van der Waals surface area contributed by atoms with E-state index >= 15 is 0 Å². The lowest BCUT2D eigenvalue weighted by atomic mass is 9.92. The molecule has 0 spiro atoms. The fraction of sp³-hybridized carbons (Fsp3) is 0.303. The lowest BCUT2D eigenvalue weighted by molar-refractivity contribution is -0.117. The van der Waals surface area contributed by atoms with E-state index in [4.69, 9.17) is 9.72 Å². The highest BCUT2D eigenvalue weighted by molar-refractivity contribution is 5.99. The highest BCUT2D eigenvalue weighted by Gasteiger charge is 2.13. The minimum atomic E-state index is -0.0710. The minimum absolute atomic E-state index is 0.0710. The number of rotatable bonds is 9. The number of anilines is 1. The molecule has 2 heterocycles. The van der Waals surface area contributed by atoms with Gasteiger partial charge in [0, 0.05) is 41.4 Å². The Bertz CT molecular complexity index is 1480. The first-order chi connectivity index (χ1) is 18.6. The number of aryl methyl sites for hydroxylation is 1. The second kappa shape index (κ2) is 12.1. The van der Waals surface area contributed by atoms with Crippen LogP contribution in [0, 0.1) is 12.3 Å². The number of nitrogens with zero attached hydrogens (tertiary/aromatic N) is 2. The summed E-state index contributed by atoms with van der Waals surface area (Å²) in [5.41, 5.74) is 6.73. The van der Waals surface area contributed by atoms with Gasteiger partial charge < -0.3 is 15.4 Å². The summed E-state index contributed by atoms with van der Waals surface area (Å²) in [5.74, 6) is 1.47. The van der Waals surface area contributed by atoms with Gasteiger partial charge in [0.1, 0.15) is 11.6 Å². The summed E-state index contributed by atoms with van der Waals surface area (Å²) in [6, 6.07) is 20.2. The van der Waals surface area contributed by atoms with Gasteiger partial charge in [-0.2, -0.15) is 0 Å². The Morgan fingerprint density at radius 2 is 1.82 bits per heavy atom. The van der Waals surface area contributed by atoms with Crippen molar-refractivity contribution >= 4 is 28.7 Å². The summed E-state index contributed by atoms with van der Waals surface area (Å²) >= 11 is 0. The van der Waals surface area contributed by atoms with Crippen LogP contribution in [0.4, 0.5) is 5.82 Å². The first-order valence-electron chi connectivity index (χ1n) is 13.3. The van der Waals surface area contributed by atoms with Crippen LogP contribution in [0.3, 0.4) is 0 Å². The van der Waals surface area contributed by atoms with Crippen LogP contribution in [-0.2, 0) is 11.3 Å². The van der Waals surface area contributed by atoms with Gasteiger partial charge in [0.05, 0.1) is 18.3 Å². The number of hydrogen-bond acceptors (Lipinski definition) is 5. The molecular weight excluding hydrogens is 484 g/mol. The van der Waals surface area contributed by atoms with Crippen molar-refractivity contribution in [1.82, 2.24) is 15.3 Å². The molecule has 202 valence electrons. The Balaban J connectivity index is 1.67. The molecule has 4 rings (SSSR count). The second-order valence-electron chi connectivity index (χ2n) is 11.1. The summed E-state index contributed by atoms with van der Waals surface area (Å²) in [7, 11) is 1.66. The standard InChI is InChI=1S/C33H38N4O2/c1-22-8-7-16-34-30(22)25-11-14-29-26(19-25)20-27(18-23(2)32(38)35-17-15-33(3,4)5)31(37-29)36-21-24-9-12-28(39-6)13-10-24/h7-14,16,18-20H,15,17,21H2,1-6H3,(H,35,38)(H,36,37). The molecule has 0 fully saturated rings. The lowest BCUT2D eigenvalue weighted by Crippen LogP contribution is -2.27. The normalized spacial score (nSPS) is 11.9. The Hall–Kier alpha value is -4.19. The zero-order valence-electron chi connectivity index (χ0n) is 23.8. The van der Waals surface area contributed by atoms with Gasteiger partial charge in [-0.25, -0.2) is 4.98 Å². The van der Waals surface area contributed by atoms with Gasteiger partial charge >= 0.3 is 0 Å². The summed E-state index contributed by atoms with van der Waals surface area (Å²) in [6.45, 7) is 11.6. The molecule has 0 aliphatic heterocycles. The number of carbonyl (C=O) groups is 1. The predicted molar refractivity (Wildman–Crippen MR) is 161 cm³/mol. The van der Waals surface area contributed by atoms with Gasteiger partial charge in [-0.3, -0.25) is 9.78 Å². The number of carbonyl (C=O) groups excluding carboxylic acids is 1. The van der Waals surface area contributed by atoms with E-state index in [9.17, 15) is 4.79 Å². The highest BCUT2D eigenvalue weighted by Crippen LogP contribution is 2.29. The Kier molecular flexibility index (Phi) is 8.65. The molecule has 6 nitrogen and oxygen atoms in total. The molecule has 1 amide bonds. The Labute approximate surface area is 231 Å². The number of methoxy groups -OCH3 is 1. The fourth-order valence-electron chi connectivity index (χ4n) is 4.30. The molecule has 6 heteroatoms. The Morgan fingerprint density at radius 1 is 1.05 bits per heavy atom. The molecule has 0 bridgehead atoms. The maximum Gasteiger partial charge on any atom is 0.246 e. The van der Waals surface area contributed by atoms with Gasteiger partial charge in [0.2, 0.25) is 5.91 Å². The molecule has 2 aromatic heterocycles. The minimum Gasteiger partial charge on any atom is -0.497 e. The van der Waals surface area contributed by atoms with Crippen LogP contribution in [0.5, 0.6) is 5.75 Å².